The number of sulfone groups is 1. The highest BCUT2D eigenvalue weighted by atomic mass is 127. The van der Waals surface area contributed by atoms with Crippen LogP contribution in [0, 0.1) is 0 Å². The molecule has 1 aromatic heterocycles. The van der Waals surface area contributed by atoms with E-state index in [0.717, 1.165) is 0 Å². The zero-order valence-corrected chi connectivity index (χ0v) is 9.47. The number of alkyl halides is 1. The molecule has 0 aliphatic rings. The molecule has 0 radical (unpaired) electrons. The second-order valence-corrected chi connectivity index (χ2v) is 6.03. The lowest BCUT2D eigenvalue weighted by Crippen LogP contribution is -2.06. The van der Waals surface area contributed by atoms with Crippen LogP contribution in [0.15, 0.2) is 17.6 Å². The van der Waals surface area contributed by atoms with Crippen molar-refractivity contribution in [1.82, 2.24) is 9.97 Å². The van der Waals surface area contributed by atoms with E-state index >= 15 is 0 Å². The normalized spacial score (nSPS) is 11.5. The average molecular weight is 319 g/mol. The van der Waals surface area contributed by atoms with Crippen molar-refractivity contribution in [1.29, 1.82) is 0 Å². The topological polar surface area (TPSA) is 59.9 Å². The molecule has 0 saturated carbocycles. The van der Waals surface area contributed by atoms with Gasteiger partial charge in [0.25, 0.3) is 0 Å². The van der Waals surface area contributed by atoms with Crippen molar-refractivity contribution in [2.24, 2.45) is 0 Å². The molecule has 1 rings (SSSR count). The number of hydrogen-bond donors (Lipinski definition) is 0. The number of hydrogen-bond acceptors (Lipinski definition) is 4. The van der Waals surface area contributed by atoms with Gasteiger partial charge in [0.05, 0.1) is 17.4 Å². The van der Waals surface area contributed by atoms with Crippen LogP contribution in [0.1, 0.15) is 0 Å². The standard InChI is InChI=1S/C5H4ClIN2O2S/c6-4-1-8-5(9-2-4)12(10,11)3-7/h1-2H,3H2. The molecule has 12 heavy (non-hydrogen) atoms. The van der Waals surface area contributed by atoms with Gasteiger partial charge >= 0.3 is 0 Å². The first-order valence-corrected chi connectivity index (χ1v) is 6.38. The van der Waals surface area contributed by atoms with Gasteiger partial charge in [0.15, 0.2) is 0 Å². The summed E-state index contributed by atoms with van der Waals surface area (Å²) in [4.78, 5) is 7.17. The molecule has 0 unspecified atom stereocenters. The van der Waals surface area contributed by atoms with Crippen LogP contribution < -0.4 is 0 Å². The molecule has 0 bridgehead atoms. The smallest absolute Gasteiger partial charge is 0.225 e. The van der Waals surface area contributed by atoms with Crippen LogP contribution in [-0.4, -0.2) is 22.1 Å². The lowest BCUT2D eigenvalue weighted by molar-refractivity contribution is 0.592. The molecule has 0 fully saturated rings. The summed E-state index contributed by atoms with van der Waals surface area (Å²) in [7, 11) is -3.31. The van der Waals surface area contributed by atoms with Crippen LogP contribution in [-0.2, 0) is 9.84 Å². The van der Waals surface area contributed by atoms with Gasteiger partial charge in [-0.2, -0.15) is 0 Å². The molecule has 0 aliphatic carbocycles. The summed E-state index contributed by atoms with van der Waals surface area (Å²) < 4.78 is 22.2. The highest BCUT2D eigenvalue weighted by molar-refractivity contribution is 14.1. The van der Waals surface area contributed by atoms with Crippen LogP contribution in [0.25, 0.3) is 0 Å². The first-order chi connectivity index (χ1) is 5.56. The maximum absolute atomic E-state index is 11.1. The number of rotatable bonds is 2. The fraction of sp³-hybridized carbons (Fsp3) is 0.200. The number of halogens is 2. The Morgan fingerprint density at radius 2 is 1.92 bits per heavy atom. The van der Waals surface area contributed by atoms with Gasteiger partial charge in [0.2, 0.25) is 15.0 Å². The van der Waals surface area contributed by atoms with Gasteiger partial charge < -0.3 is 0 Å². The van der Waals surface area contributed by atoms with Crippen LogP contribution in [0.4, 0.5) is 0 Å². The first-order valence-electron chi connectivity index (χ1n) is 2.82. The zero-order valence-electron chi connectivity index (χ0n) is 5.74. The maximum Gasteiger partial charge on any atom is 0.247 e. The van der Waals surface area contributed by atoms with Crippen LogP contribution in [0.3, 0.4) is 0 Å². The van der Waals surface area contributed by atoms with Crippen molar-refractivity contribution in [2.75, 3.05) is 3.76 Å². The van der Waals surface area contributed by atoms with Crippen molar-refractivity contribution in [3.8, 4) is 0 Å². The van der Waals surface area contributed by atoms with E-state index in [4.69, 9.17) is 11.6 Å². The molecule has 0 amide bonds. The SMILES string of the molecule is O=S(=O)(CI)c1ncc(Cl)cn1. The molecule has 7 heteroatoms. The van der Waals surface area contributed by atoms with Crippen molar-refractivity contribution in [3.63, 3.8) is 0 Å². The Hall–Kier alpha value is 0.0500. The number of aromatic nitrogens is 2. The molecule has 0 N–H and O–H groups in total. The highest BCUT2D eigenvalue weighted by Crippen LogP contribution is 2.09. The Labute approximate surface area is 88.4 Å². The average Bonchev–Trinajstić information content (AvgIpc) is 2.05. The summed E-state index contributed by atoms with van der Waals surface area (Å²) in [5.41, 5.74) is 0. The van der Waals surface area contributed by atoms with Crippen molar-refractivity contribution in [2.45, 2.75) is 5.16 Å². The lowest BCUT2D eigenvalue weighted by Gasteiger charge is -1.96. The summed E-state index contributed by atoms with van der Waals surface area (Å²) >= 11 is 7.22. The molecule has 1 heterocycles. The molecule has 0 atom stereocenters. The minimum atomic E-state index is -3.31. The third-order valence-electron chi connectivity index (χ3n) is 1.02. The number of nitrogens with zero attached hydrogens (tertiary/aromatic N) is 2. The maximum atomic E-state index is 11.1. The predicted octanol–water partition coefficient (Wildman–Crippen LogP) is 1.30. The van der Waals surface area contributed by atoms with Gasteiger partial charge in [0, 0.05) is 0 Å². The third-order valence-corrected chi connectivity index (χ3v) is 4.73. The Morgan fingerprint density at radius 3 is 2.33 bits per heavy atom. The predicted molar refractivity (Wildman–Crippen MR) is 53.1 cm³/mol. The quantitative estimate of drug-likeness (QED) is 0.468. The summed E-state index contributed by atoms with van der Waals surface area (Å²) in [5, 5.41) is 0.142. The summed E-state index contributed by atoms with van der Waals surface area (Å²) in [5.74, 6) is 0. The van der Waals surface area contributed by atoms with E-state index in [-0.39, 0.29) is 8.92 Å². The van der Waals surface area contributed by atoms with Crippen molar-refractivity contribution >= 4 is 44.0 Å². The van der Waals surface area contributed by atoms with Gasteiger partial charge in [-0.25, -0.2) is 18.4 Å². The van der Waals surface area contributed by atoms with Crippen molar-refractivity contribution < 1.29 is 8.42 Å². The molecule has 66 valence electrons. The molecule has 0 saturated heterocycles. The molecule has 0 spiro atoms. The van der Waals surface area contributed by atoms with E-state index in [2.05, 4.69) is 9.97 Å². The second kappa shape index (κ2) is 3.84. The lowest BCUT2D eigenvalue weighted by atomic mass is 10.7. The van der Waals surface area contributed by atoms with Gasteiger partial charge in [-0.1, -0.05) is 34.2 Å². The van der Waals surface area contributed by atoms with Crippen LogP contribution >= 0.6 is 34.2 Å². The van der Waals surface area contributed by atoms with Gasteiger partial charge in [0.1, 0.15) is 3.76 Å². The summed E-state index contributed by atoms with van der Waals surface area (Å²) in [6.07, 6.45) is 2.52. The van der Waals surface area contributed by atoms with Crippen LogP contribution in [0.2, 0.25) is 5.02 Å². The molecule has 0 aromatic carbocycles. The fourth-order valence-corrected chi connectivity index (χ4v) is 1.97. The molecule has 1 aromatic rings. The Morgan fingerprint density at radius 1 is 1.42 bits per heavy atom. The monoisotopic (exact) mass is 318 g/mol. The van der Waals surface area contributed by atoms with E-state index in [1.165, 1.54) is 12.4 Å². The molecule has 4 nitrogen and oxygen atoms in total. The molecule has 0 aliphatic heterocycles. The van der Waals surface area contributed by atoms with E-state index in [9.17, 15) is 8.42 Å². The summed E-state index contributed by atoms with van der Waals surface area (Å²) in [6.45, 7) is 0. The second-order valence-electron chi connectivity index (χ2n) is 1.91. The Kier molecular flexibility index (Phi) is 3.24. The highest BCUT2D eigenvalue weighted by Gasteiger charge is 2.14. The van der Waals surface area contributed by atoms with Gasteiger partial charge in [-0.3, -0.25) is 0 Å². The first kappa shape index (κ1) is 10.1. The minimum Gasteiger partial charge on any atom is -0.225 e. The molecular weight excluding hydrogens is 314 g/mol. The van der Waals surface area contributed by atoms with E-state index in [1.807, 2.05) is 0 Å². The minimum absolute atomic E-state index is 0.0353. The third kappa shape index (κ3) is 2.27. The molecular formula is C5H4ClIN2O2S. The van der Waals surface area contributed by atoms with Crippen LogP contribution in [0.5, 0.6) is 0 Å². The van der Waals surface area contributed by atoms with E-state index in [1.54, 1.807) is 22.6 Å². The van der Waals surface area contributed by atoms with Gasteiger partial charge in [-0.15, -0.1) is 0 Å². The van der Waals surface area contributed by atoms with E-state index < -0.39 is 9.84 Å². The fourth-order valence-electron chi connectivity index (χ4n) is 0.510. The van der Waals surface area contributed by atoms with E-state index in [0.29, 0.717) is 5.02 Å². The Balaban J connectivity index is 3.14. The Bertz CT molecular complexity index is 364. The largest absolute Gasteiger partial charge is 0.247 e. The summed E-state index contributed by atoms with van der Waals surface area (Å²) in [6, 6.07) is 0. The zero-order chi connectivity index (χ0) is 9.19. The van der Waals surface area contributed by atoms with Gasteiger partial charge in [-0.05, 0) is 0 Å². The van der Waals surface area contributed by atoms with Crippen molar-refractivity contribution in [3.05, 3.63) is 17.4 Å².